The van der Waals surface area contributed by atoms with Crippen molar-refractivity contribution in [2.45, 2.75) is 13.5 Å². The molecule has 1 aliphatic heterocycles. The molecule has 4 rings (SSSR count). The van der Waals surface area contributed by atoms with Crippen molar-refractivity contribution in [2.24, 2.45) is 0 Å². The summed E-state index contributed by atoms with van der Waals surface area (Å²) in [4.78, 5) is 17.2. The summed E-state index contributed by atoms with van der Waals surface area (Å²) in [5.41, 5.74) is 1.55. The van der Waals surface area contributed by atoms with Crippen LogP contribution in [0.4, 0.5) is 10.2 Å². The van der Waals surface area contributed by atoms with Crippen molar-refractivity contribution in [3.8, 4) is 22.1 Å². The summed E-state index contributed by atoms with van der Waals surface area (Å²) in [6, 6.07) is 11.7. The third-order valence-electron chi connectivity index (χ3n) is 4.06. The molecule has 0 radical (unpaired) electrons. The average molecular weight is 400 g/mol. The summed E-state index contributed by atoms with van der Waals surface area (Å²) >= 11 is 1.17. The number of carbonyl (C=O) groups is 1. The normalized spacial score (nSPS) is 12.1. The molecule has 0 spiro atoms. The molecule has 2 aromatic carbocycles. The van der Waals surface area contributed by atoms with E-state index in [-0.39, 0.29) is 19.2 Å². The fourth-order valence-corrected chi connectivity index (χ4v) is 3.69. The maximum absolute atomic E-state index is 13.6. The Morgan fingerprint density at radius 3 is 2.93 bits per heavy atom. The third-order valence-corrected chi connectivity index (χ3v) is 5.14. The zero-order chi connectivity index (χ0) is 19.5. The number of carbonyl (C=O) groups excluding carboxylic acids is 1. The molecule has 0 fully saturated rings. The van der Waals surface area contributed by atoms with E-state index in [9.17, 15) is 9.18 Å². The molecule has 8 heteroatoms. The van der Waals surface area contributed by atoms with Gasteiger partial charge in [-0.15, -0.1) is 11.3 Å². The minimum absolute atomic E-state index is 0.211. The second-order valence-electron chi connectivity index (χ2n) is 5.97. The minimum Gasteiger partial charge on any atom is -0.462 e. The number of aromatic nitrogens is 1. The van der Waals surface area contributed by atoms with Crippen LogP contribution in [0.2, 0.25) is 0 Å². The molecule has 1 aromatic heterocycles. The number of anilines is 1. The molecule has 3 aromatic rings. The monoisotopic (exact) mass is 400 g/mol. The van der Waals surface area contributed by atoms with Gasteiger partial charge in [0.1, 0.15) is 10.8 Å². The van der Waals surface area contributed by atoms with E-state index < -0.39 is 5.97 Å². The van der Waals surface area contributed by atoms with Gasteiger partial charge >= 0.3 is 5.97 Å². The lowest BCUT2D eigenvalue weighted by Crippen LogP contribution is -2.08. The number of thiazole rings is 1. The van der Waals surface area contributed by atoms with E-state index in [0.717, 1.165) is 5.56 Å². The molecule has 144 valence electrons. The highest BCUT2D eigenvalue weighted by Gasteiger charge is 2.21. The largest absolute Gasteiger partial charge is 0.462 e. The Bertz CT molecular complexity index is 1020. The van der Waals surface area contributed by atoms with E-state index in [1.807, 2.05) is 18.2 Å². The maximum Gasteiger partial charge on any atom is 0.352 e. The van der Waals surface area contributed by atoms with Crippen molar-refractivity contribution in [2.75, 3.05) is 18.7 Å². The number of fused-ring (bicyclic) bond motifs is 1. The van der Waals surface area contributed by atoms with E-state index in [1.165, 1.54) is 23.5 Å². The van der Waals surface area contributed by atoms with Crippen LogP contribution in [-0.4, -0.2) is 24.4 Å². The smallest absolute Gasteiger partial charge is 0.352 e. The Labute approximate surface area is 164 Å². The van der Waals surface area contributed by atoms with Gasteiger partial charge in [0.2, 0.25) is 6.79 Å². The summed E-state index contributed by atoms with van der Waals surface area (Å²) < 4.78 is 29.4. The van der Waals surface area contributed by atoms with E-state index in [0.29, 0.717) is 39.3 Å². The van der Waals surface area contributed by atoms with Crippen LogP contribution in [0.15, 0.2) is 42.5 Å². The lowest BCUT2D eigenvalue weighted by Gasteiger charge is -2.07. The number of benzene rings is 2. The molecular weight excluding hydrogens is 383 g/mol. The second kappa shape index (κ2) is 7.85. The number of hydrogen-bond acceptors (Lipinski definition) is 7. The lowest BCUT2D eigenvalue weighted by molar-refractivity contribution is 0.0533. The van der Waals surface area contributed by atoms with Gasteiger partial charge in [-0.1, -0.05) is 18.2 Å². The molecule has 0 bridgehead atoms. The quantitative estimate of drug-likeness (QED) is 0.616. The van der Waals surface area contributed by atoms with Gasteiger partial charge in [0.15, 0.2) is 22.2 Å². The van der Waals surface area contributed by atoms with Crippen LogP contribution in [0.25, 0.3) is 10.6 Å². The van der Waals surface area contributed by atoms with Crippen LogP contribution in [0, 0.1) is 5.82 Å². The predicted molar refractivity (Wildman–Crippen MR) is 103 cm³/mol. The average Bonchev–Trinajstić information content (AvgIpc) is 3.33. The highest BCUT2D eigenvalue weighted by atomic mass is 32.1. The molecule has 0 unspecified atom stereocenters. The molecule has 0 saturated heterocycles. The van der Waals surface area contributed by atoms with Crippen LogP contribution < -0.4 is 14.8 Å². The Kier molecular flexibility index (Phi) is 5.12. The predicted octanol–water partition coefficient (Wildman–Crippen LogP) is 4.47. The summed E-state index contributed by atoms with van der Waals surface area (Å²) in [6.45, 7) is 2.64. The summed E-state index contributed by atoms with van der Waals surface area (Å²) in [7, 11) is 0. The highest BCUT2D eigenvalue weighted by molar-refractivity contribution is 7.17. The van der Waals surface area contributed by atoms with Crippen LogP contribution in [0.1, 0.15) is 22.2 Å². The minimum atomic E-state index is -0.462. The van der Waals surface area contributed by atoms with E-state index in [1.54, 1.807) is 19.1 Å². The molecular formula is C20H17FN2O4S. The number of esters is 1. The van der Waals surface area contributed by atoms with Crippen molar-refractivity contribution < 1.29 is 23.4 Å². The van der Waals surface area contributed by atoms with Crippen molar-refractivity contribution in [3.05, 3.63) is 58.7 Å². The highest BCUT2D eigenvalue weighted by Crippen LogP contribution is 2.34. The van der Waals surface area contributed by atoms with Gasteiger partial charge in [-0.25, -0.2) is 14.2 Å². The Hall–Kier alpha value is -3.13. The first-order chi connectivity index (χ1) is 13.6. The van der Waals surface area contributed by atoms with Gasteiger partial charge in [-0.05, 0) is 36.8 Å². The van der Waals surface area contributed by atoms with Gasteiger partial charge in [0.05, 0.1) is 6.61 Å². The number of halogens is 1. The van der Waals surface area contributed by atoms with Crippen LogP contribution in [0.5, 0.6) is 11.5 Å². The SMILES string of the molecule is CCOC(=O)c1sc(-c2cccc(F)c2)nc1NCc1ccc2c(c1)OCO2. The van der Waals surface area contributed by atoms with Crippen LogP contribution in [-0.2, 0) is 11.3 Å². The van der Waals surface area contributed by atoms with Crippen LogP contribution in [0.3, 0.4) is 0 Å². The second-order valence-corrected chi connectivity index (χ2v) is 6.97. The number of nitrogens with zero attached hydrogens (tertiary/aromatic N) is 1. The van der Waals surface area contributed by atoms with Crippen molar-refractivity contribution >= 4 is 23.1 Å². The fraction of sp³-hybridized carbons (Fsp3) is 0.200. The number of nitrogens with one attached hydrogen (secondary N) is 1. The molecule has 2 heterocycles. The van der Waals surface area contributed by atoms with Crippen molar-refractivity contribution in [1.82, 2.24) is 4.98 Å². The number of hydrogen-bond donors (Lipinski definition) is 1. The number of rotatable bonds is 6. The maximum atomic E-state index is 13.6. The first-order valence-electron chi connectivity index (χ1n) is 8.70. The summed E-state index contributed by atoms with van der Waals surface area (Å²) in [5, 5.41) is 3.71. The van der Waals surface area contributed by atoms with Gasteiger partial charge in [0, 0.05) is 12.1 Å². The molecule has 0 aliphatic carbocycles. The van der Waals surface area contributed by atoms with E-state index >= 15 is 0 Å². The molecule has 1 N–H and O–H groups in total. The van der Waals surface area contributed by atoms with Crippen LogP contribution >= 0.6 is 11.3 Å². The van der Waals surface area contributed by atoms with Crippen molar-refractivity contribution in [3.63, 3.8) is 0 Å². The zero-order valence-corrected chi connectivity index (χ0v) is 15.8. The first kappa shape index (κ1) is 18.2. The topological polar surface area (TPSA) is 69.7 Å². The molecule has 0 saturated carbocycles. The molecule has 0 amide bonds. The standard InChI is InChI=1S/C20H17FN2O4S/c1-2-25-20(24)17-18(23-19(28-17)13-4-3-5-14(21)9-13)22-10-12-6-7-15-16(8-12)27-11-26-15/h3-9,22H,2,10-11H2,1H3. The fourth-order valence-electron chi connectivity index (χ4n) is 2.76. The van der Waals surface area contributed by atoms with E-state index in [4.69, 9.17) is 14.2 Å². The molecule has 0 atom stereocenters. The zero-order valence-electron chi connectivity index (χ0n) is 15.0. The molecule has 6 nitrogen and oxygen atoms in total. The van der Waals surface area contributed by atoms with Gasteiger partial charge in [-0.3, -0.25) is 0 Å². The Morgan fingerprint density at radius 1 is 1.25 bits per heavy atom. The van der Waals surface area contributed by atoms with Crippen molar-refractivity contribution in [1.29, 1.82) is 0 Å². The first-order valence-corrected chi connectivity index (χ1v) is 9.52. The van der Waals surface area contributed by atoms with E-state index in [2.05, 4.69) is 10.3 Å². The Morgan fingerprint density at radius 2 is 2.11 bits per heavy atom. The van der Waals surface area contributed by atoms with Gasteiger partial charge in [-0.2, -0.15) is 0 Å². The van der Waals surface area contributed by atoms with Gasteiger partial charge in [0.25, 0.3) is 0 Å². The number of ether oxygens (including phenoxy) is 3. The van der Waals surface area contributed by atoms with Gasteiger partial charge < -0.3 is 19.5 Å². The third kappa shape index (κ3) is 3.77. The molecule has 1 aliphatic rings. The molecule has 28 heavy (non-hydrogen) atoms. The Balaban J connectivity index is 1.60. The summed E-state index contributed by atoms with van der Waals surface area (Å²) in [5.74, 6) is 0.970. The summed E-state index contributed by atoms with van der Waals surface area (Å²) in [6.07, 6.45) is 0. The lowest BCUT2D eigenvalue weighted by atomic mass is 10.2.